The minimum atomic E-state index is -0.953. The van der Waals surface area contributed by atoms with Gasteiger partial charge in [-0.1, -0.05) is 0 Å². The van der Waals surface area contributed by atoms with Gasteiger partial charge in [-0.25, -0.2) is 4.79 Å². The van der Waals surface area contributed by atoms with Crippen molar-refractivity contribution in [2.75, 3.05) is 13.0 Å². The van der Waals surface area contributed by atoms with Gasteiger partial charge in [0.1, 0.15) is 23.8 Å². The van der Waals surface area contributed by atoms with Crippen LogP contribution in [0.4, 0.5) is 5.69 Å². The molecule has 0 spiro atoms. The highest BCUT2D eigenvalue weighted by Crippen LogP contribution is 2.35. The maximum absolute atomic E-state index is 12.6. The molecule has 0 aliphatic carbocycles. The predicted octanol–water partition coefficient (Wildman–Crippen LogP) is 1.44. The molecule has 1 heterocycles. The number of allylic oxidation sites excluding steroid dienone is 1. The summed E-state index contributed by atoms with van der Waals surface area (Å²) >= 11 is 1.16. The minimum Gasteiger partial charge on any atom is -0.510 e. The second-order valence-corrected chi connectivity index (χ2v) is 7.34. The van der Waals surface area contributed by atoms with Crippen LogP contribution in [0.25, 0.3) is 0 Å². The van der Waals surface area contributed by atoms with Crippen molar-refractivity contribution in [3.8, 4) is 0 Å². The number of nitrogens with zero attached hydrogens (tertiary/aromatic N) is 2. The van der Waals surface area contributed by atoms with Gasteiger partial charge in [0.2, 0.25) is 5.91 Å². The molecule has 1 fully saturated rings. The molecule has 1 aliphatic rings. The Hall–Kier alpha value is -3.12. The Labute approximate surface area is 176 Å². The lowest BCUT2D eigenvalue weighted by molar-refractivity contribution is -0.384. The molecule has 162 valence electrons. The molecule has 11 nitrogen and oxygen atoms in total. The van der Waals surface area contributed by atoms with E-state index < -0.39 is 39.9 Å². The lowest BCUT2D eigenvalue weighted by Crippen LogP contribution is -2.69. The van der Waals surface area contributed by atoms with Crippen molar-refractivity contribution in [1.82, 2.24) is 10.2 Å². The molecule has 2 amide bonds. The minimum absolute atomic E-state index is 0.106. The standard InChI is InChI=1S/C18H21N3O8S/c1-10(22)15(18(25)29-8-12-4-6-13(7-5-12)21(26)27)20-16(24)14(19-11(2)23)17(20)30-9-28-3/h4-7,14,17,22H,8-9H2,1-3H3,(H,19,23). The van der Waals surface area contributed by atoms with Crippen LogP contribution in [-0.2, 0) is 30.5 Å². The van der Waals surface area contributed by atoms with Crippen LogP contribution in [-0.4, -0.2) is 57.2 Å². The fraction of sp³-hybridized carbons (Fsp3) is 0.389. The van der Waals surface area contributed by atoms with Gasteiger partial charge in [-0.2, -0.15) is 0 Å². The molecule has 1 aromatic rings. The number of nitro benzene ring substituents is 1. The van der Waals surface area contributed by atoms with Gasteiger partial charge < -0.3 is 19.9 Å². The monoisotopic (exact) mass is 439 g/mol. The number of hydrogen-bond donors (Lipinski definition) is 2. The van der Waals surface area contributed by atoms with Crippen LogP contribution in [0.2, 0.25) is 0 Å². The van der Waals surface area contributed by atoms with E-state index in [1.165, 1.54) is 45.2 Å². The summed E-state index contributed by atoms with van der Waals surface area (Å²) in [5, 5.41) is 22.6. The summed E-state index contributed by atoms with van der Waals surface area (Å²) in [6.45, 7) is 2.28. The largest absolute Gasteiger partial charge is 0.510 e. The normalized spacial score (nSPS) is 18.9. The Bertz CT molecular complexity index is 867. The Morgan fingerprint density at radius 2 is 1.93 bits per heavy atom. The SMILES string of the molecule is COCSC1C(NC(C)=O)C(=O)N1C(C(=O)OCc1ccc([N+](=O)[O-])cc1)=C(C)O. The van der Waals surface area contributed by atoms with Crippen LogP contribution in [0.1, 0.15) is 19.4 Å². The summed E-state index contributed by atoms with van der Waals surface area (Å²) in [5.74, 6) is -2.19. The van der Waals surface area contributed by atoms with Gasteiger partial charge in [-0.15, -0.1) is 11.8 Å². The Morgan fingerprint density at radius 3 is 2.43 bits per heavy atom. The molecular formula is C18H21N3O8S. The number of carbonyl (C=O) groups is 3. The summed E-state index contributed by atoms with van der Waals surface area (Å²) in [7, 11) is 1.46. The molecule has 0 aromatic heterocycles. The number of methoxy groups -OCH3 is 1. The van der Waals surface area contributed by atoms with E-state index in [4.69, 9.17) is 9.47 Å². The lowest BCUT2D eigenvalue weighted by Gasteiger charge is -2.46. The number of thioether (sulfide) groups is 1. The molecule has 2 rings (SSSR count). The molecule has 12 heteroatoms. The predicted molar refractivity (Wildman–Crippen MR) is 106 cm³/mol. The summed E-state index contributed by atoms with van der Waals surface area (Å²) in [5.41, 5.74) is 0.0300. The van der Waals surface area contributed by atoms with Crippen LogP contribution in [0.5, 0.6) is 0 Å². The number of amides is 2. The van der Waals surface area contributed by atoms with E-state index in [0.717, 1.165) is 16.7 Å². The number of non-ortho nitro benzene ring substituents is 1. The van der Waals surface area contributed by atoms with Gasteiger partial charge >= 0.3 is 5.97 Å². The van der Waals surface area contributed by atoms with Crippen LogP contribution < -0.4 is 5.32 Å². The molecule has 1 aromatic carbocycles. The number of hydrogen-bond acceptors (Lipinski definition) is 9. The van der Waals surface area contributed by atoms with Crippen LogP contribution in [0.3, 0.4) is 0 Å². The van der Waals surface area contributed by atoms with Crippen molar-refractivity contribution in [3.05, 3.63) is 51.4 Å². The third kappa shape index (κ3) is 5.27. The molecule has 1 saturated heterocycles. The van der Waals surface area contributed by atoms with Crippen molar-refractivity contribution in [2.24, 2.45) is 0 Å². The number of aliphatic hydroxyl groups is 1. The van der Waals surface area contributed by atoms with E-state index in [1.54, 1.807) is 0 Å². The topological polar surface area (TPSA) is 148 Å². The number of rotatable bonds is 9. The number of carbonyl (C=O) groups excluding carboxylic acids is 3. The average molecular weight is 439 g/mol. The van der Waals surface area contributed by atoms with Crippen LogP contribution in [0, 0.1) is 10.1 Å². The molecule has 2 atom stereocenters. The highest BCUT2D eigenvalue weighted by atomic mass is 32.2. The van der Waals surface area contributed by atoms with E-state index in [2.05, 4.69) is 5.32 Å². The third-order valence-electron chi connectivity index (χ3n) is 4.05. The second kappa shape index (κ2) is 10.1. The molecule has 2 N–H and O–H groups in total. The number of ether oxygens (including phenoxy) is 2. The highest BCUT2D eigenvalue weighted by Gasteiger charge is 2.52. The molecular weight excluding hydrogens is 418 g/mol. The first-order valence-corrected chi connectivity index (χ1v) is 9.73. The lowest BCUT2D eigenvalue weighted by atomic mass is 10.1. The highest BCUT2D eigenvalue weighted by molar-refractivity contribution is 7.99. The number of nitrogens with one attached hydrogen (secondary N) is 1. The molecule has 30 heavy (non-hydrogen) atoms. The van der Waals surface area contributed by atoms with Gasteiger partial charge in [0.25, 0.3) is 11.6 Å². The number of nitro groups is 1. The zero-order valence-corrected chi connectivity index (χ0v) is 17.3. The quantitative estimate of drug-likeness (QED) is 0.111. The summed E-state index contributed by atoms with van der Waals surface area (Å²) in [4.78, 5) is 47.7. The summed E-state index contributed by atoms with van der Waals surface area (Å²) in [6, 6.07) is 4.52. The van der Waals surface area contributed by atoms with Crippen molar-refractivity contribution < 1.29 is 33.9 Å². The van der Waals surface area contributed by atoms with Crippen LogP contribution in [0.15, 0.2) is 35.7 Å². The third-order valence-corrected chi connectivity index (χ3v) is 5.25. The summed E-state index contributed by atoms with van der Waals surface area (Å²) in [6.07, 6.45) is 0. The zero-order chi connectivity index (χ0) is 22.4. The van der Waals surface area contributed by atoms with E-state index in [1.807, 2.05) is 0 Å². The molecule has 2 unspecified atom stereocenters. The van der Waals surface area contributed by atoms with Crippen molar-refractivity contribution in [1.29, 1.82) is 0 Å². The molecule has 0 saturated carbocycles. The number of β-lactam (4-membered cyclic amide) rings is 1. The van der Waals surface area contributed by atoms with Crippen molar-refractivity contribution >= 4 is 35.2 Å². The maximum Gasteiger partial charge on any atom is 0.358 e. The molecule has 0 radical (unpaired) electrons. The van der Waals surface area contributed by atoms with E-state index in [-0.39, 0.29) is 23.9 Å². The second-order valence-electron chi connectivity index (χ2n) is 6.28. The zero-order valence-electron chi connectivity index (χ0n) is 16.5. The fourth-order valence-electron chi connectivity index (χ4n) is 2.71. The number of benzene rings is 1. The number of esters is 1. The van der Waals surface area contributed by atoms with E-state index >= 15 is 0 Å². The van der Waals surface area contributed by atoms with E-state index in [9.17, 15) is 29.6 Å². The number of aliphatic hydroxyl groups excluding tert-OH is 1. The smallest absolute Gasteiger partial charge is 0.358 e. The Morgan fingerprint density at radius 1 is 1.30 bits per heavy atom. The fourth-order valence-corrected chi connectivity index (χ4v) is 3.72. The summed E-state index contributed by atoms with van der Waals surface area (Å²) < 4.78 is 10.2. The average Bonchev–Trinajstić information content (AvgIpc) is 2.70. The molecule has 0 bridgehead atoms. The van der Waals surface area contributed by atoms with Gasteiger partial charge in [0.05, 0.1) is 10.9 Å². The van der Waals surface area contributed by atoms with Crippen molar-refractivity contribution in [3.63, 3.8) is 0 Å². The van der Waals surface area contributed by atoms with Gasteiger partial charge in [0, 0.05) is 26.2 Å². The Kier molecular flexibility index (Phi) is 7.78. The first kappa shape index (κ1) is 23.2. The van der Waals surface area contributed by atoms with E-state index in [0.29, 0.717) is 5.56 Å². The van der Waals surface area contributed by atoms with Crippen molar-refractivity contribution in [2.45, 2.75) is 31.9 Å². The Balaban J connectivity index is 2.14. The van der Waals surface area contributed by atoms with Gasteiger partial charge in [-0.05, 0) is 24.6 Å². The van der Waals surface area contributed by atoms with Gasteiger partial charge in [0.15, 0.2) is 5.70 Å². The maximum atomic E-state index is 12.6. The van der Waals surface area contributed by atoms with Gasteiger partial charge in [-0.3, -0.25) is 24.6 Å². The molecule has 1 aliphatic heterocycles. The first-order chi connectivity index (χ1) is 14.2. The van der Waals surface area contributed by atoms with Crippen LogP contribution >= 0.6 is 11.8 Å². The number of likely N-dealkylation sites (tertiary alicyclic amines) is 1. The first-order valence-electron chi connectivity index (χ1n) is 8.68.